The zero-order chi connectivity index (χ0) is 19.0. The minimum absolute atomic E-state index is 0.0227. The van der Waals surface area contributed by atoms with Crippen LogP contribution < -0.4 is 4.90 Å². The summed E-state index contributed by atoms with van der Waals surface area (Å²) in [7, 11) is 0. The van der Waals surface area contributed by atoms with Crippen LogP contribution in [-0.2, 0) is 4.79 Å². The number of benzene rings is 1. The van der Waals surface area contributed by atoms with Crippen LogP contribution in [-0.4, -0.2) is 60.9 Å². The third-order valence-electron chi connectivity index (χ3n) is 5.11. The van der Waals surface area contributed by atoms with E-state index in [-0.39, 0.29) is 17.7 Å². The molecule has 1 aromatic carbocycles. The van der Waals surface area contributed by atoms with Crippen molar-refractivity contribution in [3.63, 3.8) is 0 Å². The fraction of sp³-hybridized carbons (Fsp3) is 0.368. The standard InChI is InChI=1S/C19H19Cl2N3O2S/c20-14-3-1-4-15(17(14)21)22-6-8-23(9-7-22)18(25)13-11-24(12-13)19(26)16-5-2-10-27-16/h1-5,10,13H,6-9,11-12H2. The van der Waals surface area contributed by atoms with E-state index in [9.17, 15) is 9.59 Å². The number of halogens is 2. The number of nitrogens with zero attached hydrogens (tertiary/aromatic N) is 3. The van der Waals surface area contributed by atoms with Crippen molar-refractivity contribution < 1.29 is 9.59 Å². The normalized spacial score (nSPS) is 17.8. The van der Waals surface area contributed by atoms with Crippen molar-refractivity contribution in [2.45, 2.75) is 0 Å². The van der Waals surface area contributed by atoms with Crippen LogP contribution in [0.2, 0.25) is 10.0 Å². The van der Waals surface area contributed by atoms with Crippen LogP contribution in [0, 0.1) is 5.92 Å². The topological polar surface area (TPSA) is 43.9 Å². The van der Waals surface area contributed by atoms with E-state index < -0.39 is 0 Å². The summed E-state index contributed by atoms with van der Waals surface area (Å²) in [5, 5.41) is 2.99. The summed E-state index contributed by atoms with van der Waals surface area (Å²) < 4.78 is 0. The van der Waals surface area contributed by atoms with Crippen LogP contribution >= 0.6 is 34.5 Å². The monoisotopic (exact) mass is 423 g/mol. The molecule has 2 aromatic rings. The molecule has 5 nitrogen and oxygen atoms in total. The molecule has 2 saturated heterocycles. The Balaban J connectivity index is 1.30. The average Bonchev–Trinajstić information content (AvgIpc) is 3.17. The number of amides is 2. The lowest BCUT2D eigenvalue weighted by molar-refractivity contribution is -0.140. The van der Waals surface area contributed by atoms with Gasteiger partial charge in [0.1, 0.15) is 0 Å². The van der Waals surface area contributed by atoms with E-state index in [1.54, 1.807) is 11.0 Å². The smallest absolute Gasteiger partial charge is 0.263 e. The molecule has 2 fully saturated rings. The van der Waals surface area contributed by atoms with Crippen molar-refractivity contribution >= 4 is 52.0 Å². The molecule has 0 spiro atoms. The molecule has 4 rings (SSSR count). The molecule has 0 saturated carbocycles. The van der Waals surface area contributed by atoms with Crippen LogP contribution in [0.5, 0.6) is 0 Å². The highest BCUT2D eigenvalue weighted by atomic mass is 35.5. The predicted octanol–water partition coefficient (Wildman–Crippen LogP) is 3.48. The van der Waals surface area contributed by atoms with Crippen molar-refractivity contribution in [2.75, 3.05) is 44.2 Å². The van der Waals surface area contributed by atoms with Gasteiger partial charge in [0.15, 0.2) is 0 Å². The van der Waals surface area contributed by atoms with Crippen molar-refractivity contribution in [3.8, 4) is 0 Å². The van der Waals surface area contributed by atoms with Crippen LogP contribution in [0.15, 0.2) is 35.7 Å². The summed E-state index contributed by atoms with van der Waals surface area (Å²) in [6.07, 6.45) is 0. The maximum absolute atomic E-state index is 12.7. The van der Waals surface area contributed by atoms with E-state index in [1.807, 2.05) is 34.5 Å². The highest BCUT2D eigenvalue weighted by Gasteiger charge is 2.39. The van der Waals surface area contributed by atoms with Crippen molar-refractivity contribution in [2.24, 2.45) is 5.92 Å². The molecule has 142 valence electrons. The highest BCUT2D eigenvalue weighted by molar-refractivity contribution is 7.12. The van der Waals surface area contributed by atoms with E-state index in [2.05, 4.69) is 4.90 Å². The molecule has 0 unspecified atom stereocenters. The first-order chi connectivity index (χ1) is 13.0. The van der Waals surface area contributed by atoms with E-state index >= 15 is 0 Å². The molecule has 3 heterocycles. The Kier molecular flexibility index (Phi) is 5.30. The molecule has 1 aromatic heterocycles. The molecular formula is C19H19Cl2N3O2S. The van der Waals surface area contributed by atoms with E-state index in [0.717, 1.165) is 23.7 Å². The van der Waals surface area contributed by atoms with Gasteiger partial charge in [-0.15, -0.1) is 11.3 Å². The first-order valence-electron chi connectivity index (χ1n) is 8.85. The summed E-state index contributed by atoms with van der Waals surface area (Å²) in [6.45, 7) is 3.76. The molecule has 0 bridgehead atoms. The minimum atomic E-state index is -0.0878. The summed E-state index contributed by atoms with van der Waals surface area (Å²) in [4.78, 5) is 31.5. The minimum Gasteiger partial charge on any atom is -0.367 e. The van der Waals surface area contributed by atoms with Gasteiger partial charge in [0.05, 0.1) is 26.5 Å². The van der Waals surface area contributed by atoms with Gasteiger partial charge in [-0.25, -0.2) is 0 Å². The number of hydrogen-bond donors (Lipinski definition) is 0. The Morgan fingerprint density at radius 2 is 1.70 bits per heavy atom. The third kappa shape index (κ3) is 3.66. The van der Waals surface area contributed by atoms with Gasteiger partial charge in [-0.3, -0.25) is 9.59 Å². The molecule has 2 amide bonds. The van der Waals surface area contributed by atoms with Crippen LogP contribution in [0.25, 0.3) is 0 Å². The number of carbonyl (C=O) groups is 2. The zero-order valence-corrected chi connectivity index (χ0v) is 16.9. The molecule has 2 aliphatic heterocycles. The van der Waals surface area contributed by atoms with Gasteiger partial charge in [0, 0.05) is 39.3 Å². The van der Waals surface area contributed by atoms with Gasteiger partial charge in [0.2, 0.25) is 5.91 Å². The summed E-state index contributed by atoms with van der Waals surface area (Å²) >= 11 is 13.8. The molecule has 2 aliphatic rings. The molecule has 0 N–H and O–H groups in total. The van der Waals surface area contributed by atoms with E-state index in [4.69, 9.17) is 23.2 Å². The molecule has 8 heteroatoms. The number of likely N-dealkylation sites (tertiary alicyclic amines) is 1. The number of thiophene rings is 1. The predicted molar refractivity (Wildman–Crippen MR) is 109 cm³/mol. The Hall–Kier alpha value is -1.76. The molecule has 0 atom stereocenters. The van der Waals surface area contributed by atoms with Crippen LogP contribution in [0.1, 0.15) is 9.67 Å². The van der Waals surface area contributed by atoms with Crippen molar-refractivity contribution in [3.05, 3.63) is 50.6 Å². The Morgan fingerprint density at radius 3 is 2.37 bits per heavy atom. The second-order valence-electron chi connectivity index (χ2n) is 6.77. The first-order valence-corrected chi connectivity index (χ1v) is 10.5. The number of piperazine rings is 1. The number of anilines is 1. The van der Waals surface area contributed by atoms with Crippen LogP contribution in [0.3, 0.4) is 0 Å². The molecular weight excluding hydrogens is 405 g/mol. The SMILES string of the molecule is O=C(c1cccs1)N1CC(C(=O)N2CCN(c3cccc(Cl)c3Cl)CC2)C1. The lowest BCUT2D eigenvalue weighted by atomic mass is 9.97. The van der Waals surface area contributed by atoms with Gasteiger partial charge in [-0.05, 0) is 23.6 Å². The molecule has 27 heavy (non-hydrogen) atoms. The summed E-state index contributed by atoms with van der Waals surface area (Å²) in [5.41, 5.74) is 0.910. The maximum atomic E-state index is 12.7. The van der Waals surface area contributed by atoms with Gasteiger partial charge < -0.3 is 14.7 Å². The Labute approximate surface area is 172 Å². The van der Waals surface area contributed by atoms with E-state index in [1.165, 1.54) is 11.3 Å². The molecule has 0 radical (unpaired) electrons. The average molecular weight is 424 g/mol. The number of rotatable bonds is 3. The Bertz CT molecular complexity index is 845. The second kappa shape index (κ2) is 7.70. The number of carbonyl (C=O) groups excluding carboxylic acids is 2. The Morgan fingerprint density at radius 1 is 0.963 bits per heavy atom. The summed E-state index contributed by atoms with van der Waals surface area (Å²) in [6, 6.07) is 9.29. The lowest BCUT2D eigenvalue weighted by Gasteiger charge is -2.43. The quantitative estimate of drug-likeness (QED) is 0.758. The zero-order valence-electron chi connectivity index (χ0n) is 14.6. The van der Waals surface area contributed by atoms with Gasteiger partial charge in [0.25, 0.3) is 5.91 Å². The van der Waals surface area contributed by atoms with E-state index in [0.29, 0.717) is 36.2 Å². The molecule has 0 aliphatic carbocycles. The second-order valence-corrected chi connectivity index (χ2v) is 8.50. The van der Waals surface area contributed by atoms with Crippen LogP contribution in [0.4, 0.5) is 5.69 Å². The first kappa shape index (κ1) is 18.6. The largest absolute Gasteiger partial charge is 0.367 e. The highest BCUT2D eigenvalue weighted by Crippen LogP contribution is 2.33. The van der Waals surface area contributed by atoms with Gasteiger partial charge in [-0.2, -0.15) is 0 Å². The fourth-order valence-electron chi connectivity index (χ4n) is 3.52. The maximum Gasteiger partial charge on any atom is 0.263 e. The van der Waals surface area contributed by atoms with Gasteiger partial charge in [-0.1, -0.05) is 35.3 Å². The van der Waals surface area contributed by atoms with Crippen molar-refractivity contribution in [1.82, 2.24) is 9.80 Å². The van der Waals surface area contributed by atoms with Crippen molar-refractivity contribution in [1.29, 1.82) is 0 Å². The summed E-state index contributed by atoms with van der Waals surface area (Å²) in [5.74, 6) is 0.0757. The third-order valence-corrected chi connectivity index (χ3v) is 6.78. The van der Waals surface area contributed by atoms with Gasteiger partial charge >= 0.3 is 0 Å². The fourth-order valence-corrected chi connectivity index (χ4v) is 4.63. The number of hydrogen-bond acceptors (Lipinski definition) is 4. The lowest BCUT2D eigenvalue weighted by Crippen LogP contribution is -2.59.